The molecule has 0 saturated heterocycles. The predicted octanol–water partition coefficient (Wildman–Crippen LogP) is 2.77. The Labute approximate surface area is 92.4 Å². The number of halogens is 3. The van der Waals surface area contributed by atoms with Gasteiger partial charge in [-0.05, 0) is 31.6 Å². The molecule has 0 aromatic rings. The molecule has 15 heavy (non-hydrogen) atoms. The van der Waals surface area contributed by atoms with Crippen molar-refractivity contribution in [3.63, 3.8) is 0 Å². The molecule has 0 atom stereocenters. The first-order valence-corrected chi connectivity index (χ1v) is 7.52. The number of hydrogen-bond donors (Lipinski definition) is 0. The van der Waals surface area contributed by atoms with E-state index in [-0.39, 0.29) is 18.1 Å². The first-order chi connectivity index (χ1) is 6.74. The van der Waals surface area contributed by atoms with Crippen molar-refractivity contribution in [2.75, 3.05) is 5.75 Å². The third-order valence-corrected chi connectivity index (χ3v) is 4.96. The van der Waals surface area contributed by atoms with Gasteiger partial charge in [0, 0.05) is 22.5 Å². The second-order valence-corrected chi connectivity index (χ2v) is 7.63. The van der Waals surface area contributed by atoms with Crippen LogP contribution in [0.25, 0.3) is 0 Å². The van der Waals surface area contributed by atoms with Crippen LogP contribution in [-0.2, 0) is 9.05 Å². The van der Waals surface area contributed by atoms with E-state index in [4.69, 9.17) is 10.7 Å². The lowest BCUT2D eigenvalue weighted by atomic mass is 9.80. The summed E-state index contributed by atoms with van der Waals surface area (Å²) in [6, 6.07) is 0. The van der Waals surface area contributed by atoms with E-state index in [9.17, 15) is 17.2 Å². The van der Waals surface area contributed by atoms with Crippen LogP contribution in [0.3, 0.4) is 0 Å². The smallest absolute Gasteiger partial charge is 0.212 e. The molecule has 1 spiro atoms. The summed E-state index contributed by atoms with van der Waals surface area (Å²) in [6.07, 6.45) is 1.98. The molecule has 0 radical (unpaired) electrons. The van der Waals surface area contributed by atoms with Crippen molar-refractivity contribution in [3.05, 3.63) is 0 Å². The SMILES string of the molecule is O=S(=O)(Cl)CC1CCC2(CC1)CC2(F)F. The van der Waals surface area contributed by atoms with E-state index < -0.39 is 20.4 Å². The Bertz CT molecular complexity index is 358. The van der Waals surface area contributed by atoms with Crippen molar-refractivity contribution >= 4 is 19.7 Å². The zero-order chi connectivity index (χ0) is 11.3. The van der Waals surface area contributed by atoms with Crippen molar-refractivity contribution in [3.8, 4) is 0 Å². The maximum absolute atomic E-state index is 13.0. The van der Waals surface area contributed by atoms with Gasteiger partial charge >= 0.3 is 0 Å². The molecule has 2 fully saturated rings. The topological polar surface area (TPSA) is 34.1 Å². The van der Waals surface area contributed by atoms with E-state index in [1.807, 2.05) is 0 Å². The van der Waals surface area contributed by atoms with Crippen molar-refractivity contribution in [2.45, 2.75) is 38.0 Å². The van der Waals surface area contributed by atoms with Gasteiger partial charge in [-0.3, -0.25) is 0 Å². The summed E-state index contributed by atoms with van der Waals surface area (Å²) in [5, 5.41) is 0. The summed E-state index contributed by atoms with van der Waals surface area (Å²) in [5.74, 6) is -2.61. The lowest BCUT2D eigenvalue weighted by Crippen LogP contribution is -2.24. The summed E-state index contributed by atoms with van der Waals surface area (Å²) in [7, 11) is 1.65. The highest BCUT2D eigenvalue weighted by Crippen LogP contribution is 2.67. The van der Waals surface area contributed by atoms with E-state index >= 15 is 0 Å². The van der Waals surface area contributed by atoms with Gasteiger partial charge < -0.3 is 0 Å². The van der Waals surface area contributed by atoms with Crippen molar-refractivity contribution in [2.24, 2.45) is 11.3 Å². The fourth-order valence-corrected chi connectivity index (χ4v) is 4.03. The van der Waals surface area contributed by atoms with Crippen molar-refractivity contribution in [1.82, 2.24) is 0 Å². The average Bonchev–Trinajstić information content (AvgIpc) is 2.56. The first kappa shape index (κ1) is 11.6. The zero-order valence-electron chi connectivity index (χ0n) is 8.18. The van der Waals surface area contributed by atoms with E-state index in [0.29, 0.717) is 25.7 Å². The summed E-state index contributed by atoms with van der Waals surface area (Å²) >= 11 is 0. The highest BCUT2D eigenvalue weighted by molar-refractivity contribution is 8.13. The Morgan fingerprint density at radius 3 is 2.07 bits per heavy atom. The Morgan fingerprint density at radius 1 is 1.27 bits per heavy atom. The first-order valence-electron chi connectivity index (χ1n) is 5.04. The molecular weight excluding hydrogens is 246 g/mol. The van der Waals surface area contributed by atoms with Crippen LogP contribution in [0, 0.1) is 11.3 Å². The van der Waals surface area contributed by atoms with Gasteiger partial charge in [0.2, 0.25) is 9.05 Å². The Kier molecular flexibility index (Phi) is 2.54. The molecule has 2 aliphatic rings. The number of rotatable bonds is 2. The molecule has 6 heteroatoms. The summed E-state index contributed by atoms with van der Waals surface area (Å²) < 4.78 is 47.6. The highest BCUT2D eigenvalue weighted by atomic mass is 35.7. The Balaban J connectivity index is 1.89. The number of alkyl halides is 2. The highest BCUT2D eigenvalue weighted by Gasteiger charge is 2.70. The molecule has 0 aromatic heterocycles. The van der Waals surface area contributed by atoms with Gasteiger partial charge in [0.1, 0.15) is 0 Å². The average molecular weight is 259 g/mol. The number of hydrogen-bond acceptors (Lipinski definition) is 2. The second-order valence-electron chi connectivity index (χ2n) is 4.81. The third kappa shape index (κ3) is 2.28. The monoisotopic (exact) mass is 258 g/mol. The standard InChI is InChI=1S/C9H13ClF2O2S/c10-15(13,14)5-7-1-3-8(4-2-7)6-9(8,11)12/h7H,1-6H2. The van der Waals surface area contributed by atoms with Crippen LogP contribution < -0.4 is 0 Å². The molecule has 2 rings (SSSR count). The molecule has 0 N–H and O–H groups in total. The minimum atomic E-state index is -3.48. The second kappa shape index (κ2) is 3.29. The third-order valence-electron chi connectivity index (χ3n) is 3.71. The van der Waals surface area contributed by atoms with Crippen molar-refractivity contribution in [1.29, 1.82) is 0 Å². The fraction of sp³-hybridized carbons (Fsp3) is 1.00. The summed E-state index contributed by atoms with van der Waals surface area (Å²) in [5.41, 5.74) is -0.792. The molecule has 2 aliphatic carbocycles. The summed E-state index contributed by atoms with van der Waals surface area (Å²) in [6.45, 7) is 0. The van der Waals surface area contributed by atoms with Gasteiger partial charge in [-0.25, -0.2) is 17.2 Å². The maximum atomic E-state index is 13.0. The molecule has 0 heterocycles. The molecule has 0 aliphatic heterocycles. The van der Waals surface area contributed by atoms with Crippen molar-refractivity contribution < 1.29 is 17.2 Å². The molecule has 0 unspecified atom stereocenters. The van der Waals surface area contributed by atoms with Gasteiger partial charge in [0.15, 0.2) is 0 Å². The molecule has 2 nitrogen and oxygen atoms in total. The van der Waals surface area contributed by atoms with Crippen LogP contribution in [0.1, 0.15) is 32.1 Å². The van der Waals surface area contributed by atoms with Crippen LogP contribution in [0.2, 0.25) is 0 Å². The Morgan fingerprint density at radius 2 is 1.73 bits per heavy atom. The van der Waals surface area contributed by atoms with Crippen LogP contribution in [0.5, 0.6) is 0 Å². The quantitative estimate of drug-likeness (QED) is 0.714. The normalized spacial score (nSPS) is 39.3. The maximum Gasteiger partial charge on any atom is 0.254 e. The van der Waals surface area contributed by atoms with E-state index in [2.05, 4.69) is 0 Å². The van der Waals surface area contributed by atoms with E-state index in [1.165, 1.54) is 0 Å². The largest absolute Gasteiger partial charge is 0.254 e. The van der Waals surface area contributed by atoms with Crippen LogP contribution in [0.4, 0.5) is 8.78 Å². The minimum absolute atomic E-state index is 0.0135. The molecule has 0 amide bonds. The van der Waals surface area contributed by atoms with E-state index in [1.54, 1.807) is 0 Å². The van der Waals surface area contributed by atoms with Gasteiger partial charge in [0.05, 0.1) is 5.75 Å². The molecule has 88 valence electrons. The molecule has 0 aromatic carbocycles. The summed E-state index contributed by atoms with van der Waals surface area (Å²) in [4.78, 5) is 0. The lowest BCUT2D eigenvalue weighted by molar-refractivity contribution is 0.0422. The predicted molar refractivity (Wildman–Crippen MR) is 53.6 cm³/mol. The molecule has 2 saturated carbocycles. The van der Waals surface area contributed by atoms with Gasteiger partial charge in [-0.1, -0.05) is 0 Å². The van der Waals surface area contributed by atoms with E-state index in [0.717, 1.165) is 0 Å². The van der Waals surface area contributed by atoms with Gasteiger partial charge in [-0.2, -0.15) is 0 Å². The molecule has 0 bridgehead atoms. The minimum Gasteiger partial charge on any atom is -0.212 e. The van der Waals surface area contributed by atoms with Crippen LogP contribution in [-0.4, -0.2) is 20.1 Å². The van der Waals surface area contributed by atoms with Gasteiger partial charge in [-0.15, -0.1) is 0 Å². The van der Waals surface area contributed by atoms with Crippen LogP contribution in [0.15, 0.2) is 0 Å². The fourth-order valence-electron chi connectivity index (χ4n) is 2.60. The van der Waals surface area contributed by atoms with Crippen LogP contribution >= 0.6 is 10.7 Å². The van der Waals surface area contributed by atoms with Gasteiger partial charge in [0.25, 0.3) is 5.92 Å². The Hall–Kier alpha value is 0.1000. The lowest BCUT2D eigenvalue weighted by Gasteiger charge is -2.27. The molecular formula is C9H13ClF2O2S. The zero-order valence-corrected chi connectivity index (χ0v) is 9.75.